The molecule has 2 heterocycles. The maximum atomic E-state index is 6.81. The highest BCUT2D eigenvalue weighted by Gasteiger charge is 2.52. The molecule has 4 bridgehead atoms. The van der Waals surface area contributed by atoms with Crippen molar-refractivity contribution in [3.05, 3.63) is 206 Å². The van der Waals surface area contributed by atoms with E-state index in [1.54, 1.807) is 5.56 Å². The summed E-state index contributed by atoms with van der Waals surface area (Å²) in [6.45, 7) is 0. The third-order valence-electron chi connectivity index (χ3n) is 15.7. The molecule has 312 valence electrons. The minimum Gasteiger partial charge on any atom is -0.454 e. The lowest BCUT2D eigenvalue weighted by Gasteiger charge is -2.57. The molecule has 11 aromatic rings. The molecule has 0 atom stereocenters. The van der Waals surface area contributed by atoms with Gasteiger partial charge < -0.3 is 13.9 Å². The molecule has 3 nitrogen and oxygen atoms in total. The van der Waals surface area contributed by atoms with Gasteiger partial charge in [0, 0.05) is 38.6 Å². The Balaban J connectivity index is 0.980. The van der Waals surface area contributed by atoms with E-state index in [9.17, 15) is 0 Å². The second-order valence-electron chi connectivity index (χ2n) is 19.5. The summed E-state index contributed by atoms with van der Waals surface area (Å²) < 4.78 is 9.40. The van der Waals surface area contributed by atoms with Gasteiger partial charge in [0.15, 0.2) is 5.58 Å². The molecule has 0 radical (unpaired) electrons. The van der Waals surface area contributed by atoms with Gasteiger partial charge in [-0.2, -0.15) is 0 Å². The van der Waals surface area contributed by atoms with Crippen LogP contribution in [0.25, 0.3) is 82.5 Å². The Morgan fingerprint density at radius 1 is 0.477 bits per heavy atom. The Kier molecular flexibility index (Phi) is 8.17. The Bertz CT molecular complexity index is 3590. The Morgan fingerprint density at radius 2 is 1.08 bits per heavy atom. The summed E-state index contributed by atoms with van der Waals surface area (Å²) in [6.07, 6.45) is 8.30. The first-order valence-corrected chi connectivity index (χ1v) is 23.7. The number of para-hydroxylation sites is 4. The second-order valence-corrected chi connectivity index (χ2v) is 19.5. The first-order chi connectivity index (χ1) is 32.2. The normalized spacial score (nSPS) is 20.2. The molecule has 4 saturated carbocycles. The van der Waals surface area contributed by atoms with Gasteiger partial charge in [-0.3, -0.25) is 0 Å². The van der Waals surface area contributed by atoms with E-state index in [1.807, 2.05) is 0 Å². The highest BCUT2D eigenvalue weighted by molar-refractivity contribution is 6.14. The average molecular weight is 837 g/mol. The molecule has 4 fully saturated rings. The number of anilines is 3. The monoisotopic (exact) mass is 836 g/mol. The quantitative estimate of drug-likeness (QED) is 0.159. The molecule has 4 aliphatic carbocycles. The van der Waals surface area contributed by atoms with Gasteiger partial charge in [-0.1, -0.05) is 146 Å². The van der Waals surface area contributed by atoms with Crippen molar-refractivity contribution in [1.82, 2.24) is 4.57 Å². The first kappa shape index (κ1) is 37.1. The van der Waals surface area contributed by atoms with Gasteiger partial charge in [0.05, 0.1) is 16.7 Å². The van der Waals surface area contributed by atoms with Gasteiger partial charge in [-0.05, 0) is 155 Å². The van der Waals surface area contributed by atoms with Gasteiger partial charge in [-0.15, -0.1) is 0 Å². The lowest BCUT2D eigenvalue weighted by molar-refractivity contribution is -0.00460. The van der Waals surface area contributed by atoms with Crippen molar-refractivity contribution in [1.29, 1.82) is 0 Å². The molecular weight excluding hydrogens is 789 g/mol. The zero-order chi connectivity index (χ0) is 42.6. The zero-order valence-corrected chi connectivity index (χ0v) is 36.3. The van der Waals surface area contributed by atoms with E-state index in [4.69, 9.17) is 4.42 Å². The summed E-state index contributed by atoms with van der Waals surface area (Å²) in [7, 11) is 0. The van der Waals surface area contributed by atoms with Gasteiger partial charge in [0.2, 0.25) is 0 Å². The van der Waals surface area contributed by atoms with Crippen molar-refractivity contribution in [2.75, 3.05) is 4.90 Å². The second kappa shape index (κ2) is 14.3. The summed E-state index contributed by atoms with van der Waals surface area (Å²) in [4.78, 5) is 2.42. The topological polar surface area (TPSA) is 21.3 Å². The van der Waals surface area contributed by atoms with Crippen LogP contribution < -0.4 is 4.90 Å². The predicted molar refractivity (Wildman–Crippen MR) is 271 cm³/mol. The number of fused-ring (bicyclic) bond motifs is 7. The van der Waals surface area contributed by atoms with E-state index in [0.717, 1.165) is 56.8 Å². The van der Waals surface area contributed by atoms with Crippen molar-refractivity contribution in [2.24, 2.45) is 17.8 Å². The van der Waals surface area contributed by atoms with Crippen LogP contribution in [0.2, 0.25) is 0 Å². The molecule has 0 saturated heterocycles. The largest absolute Gasteiger partial charge is 0.454 e. The summed E-state index contributed by atoms with van der Waals surface area (Å²) in [5, 5.41) is 7.36. The third-order valence-corrected chi connectivity index (χ3v) is 15.7. The van der Waals surface area contributed by atoms with Crippen LogP contribution in [-0.2, 0) is 5.41 Å². The van der Waals surface area contributed by atoms with E-state index in [-0.39, 0.29) is 5.41 Å². The van der Waals surface area contributed by atoms with Crippen LogP contribution in [0.3, 0.4) is 0 Å². The molecule has 9 aromatic carbocycles. The molecular formula is C62H48N2O. The van der Waals surface area contributed by atoms with Crippen molar-refractivity contribution in [3.63, 3.8) is 0 Å². The van der Waals surface area contributed by atoms with E-state index >= 15 is 0 Å². The summed E-state index contributed by atoms with van der Waals surface area (Å²) >= 11 is 0. The summed E-state index contributed by atoms with van der Waals surface area (Å²) in [6, 6.07) is 73.8. The molecule has 15 rings (SSSR count). The van der Waals surface area contributed by atoms with Crippen molar-refractivity contribution >= 4 is 71.6 Å². The highest BCUT2D eigenvalue weighted by atomic mass is 16.3. The Hall–Kier alpha value is -7.36. The van der Waals surface area contributed by atoms with Gasteiger partial charge in [0.25, 0.3) is 0 Å². The molecule has 0 spiro atoms. The van der Waals surface area contributed by atoms with Gasteiger partial charge in [-0.25, -0.2) is 0 Å². The van der Waals surface area contributed by atoms with Crippen LogP contribution in [0.1, 0.15) is 44.1 Å². The van der Waals surface area contributed by atoms with E-state index < -0.39 is 0 Å². The lowest BCUT2D eigenvalue weighted by atomic mass is 9.48. The first-order valence-electron chi connectivity index (χ1n) is 23.7. The molecule has 2 aromatic heterocycles. The molecule has 65 heavy (non-hydrogen) atoms. The Morgan fingerprint density at radius 3 is 1.82 bits per heavy atom. The third kappa shape index (κ3) is 5.74. The van der Waals surface area contributed by atoms with Crippen molar-refractivity contribution in [3.8, 4) is 27.9 Å². The van der Waals surface area contributed by atoms with Crippen LogP contribution in [0, 0.1) is 17.8 Å². The minimum absolute atomic E-state index is 0.245. The molecule has 4 aliphatic rings. The fraction of sp³-hybridized carbons (Fsp3) is 0.161. The van der Waals surface area contributed by atoms with Crippen LogP contribution in [0.5, 0.6) is 0 Å². The lowest BCUT2D eigenvalue weighted by Crippen LogP contribution is -2.48. The minimum atomic E-state index is 0.245. The number of nitrogens with zero attached hydrogens (tertiary/aromatic N) is 2. The fourth-order valence-electron chi connectivity index (χ4n) is 13.5. The maximum Gasteiger partial charge on any atom is 0.159 e. The molecule has 0 aliphatic heterocycles. The van der Waals surface area contributed by atoms with Crippen LogP contribution >= 0.6 is 0 Å². The molecule has 0 amide bonds. The average Bonchev–Trinajstić information content (AvgIpc) is 3.90. The number of aromatic nitrogens is 1. The van der Waals surface area contributed by atoms with Crippen LogP contribution in [0.4, 0.5) is 17.1 Å². The number of furan rings is 1. The Labute approximate surface area is 379 Å². The number of hydrogen-bond donors (Lipinski definition) is 0. The predicted octanol–water partition coefficient (Wildman–Crippen LogP) is 17.1. The zero-order valence-electron chi connectivity index (χ0n) is 36.3. The van der Waals surface area contributed by atoms with Crippen molar-refractivity contribution < 1.29 is 4.42 Å². The van der Waals surface area contributed by atoms with Gasteiger partial charge >= 0.3 is 0 Å². The summed E-state index contributed by atoms with van der Waals surface area (Å²) in [5.74, 6) is 2.60. The highest BCUT2D eigenvalue weighted by Crippen LogP contribution is 2.62. The molecule has 0 unspecified atom stereocenters. The maximum absolute atomic E-state index is 6.81. The molecule has 0 N–H and O–H groups in total. The van der Waals surface area contributed by atoms with E-state index in [0.29, 0.717) is 0 Å². The van der Waals surface area contributed by atoms with Crippen LogP contribution in [0.15, 0.2) is 205 Å². The van der Waals surface area contributed by atoms with Crippen molar-refractivity contribution in [2.45, 2.75) is 43.9 Å². The molecule has 3 heteroatoms. The van der Waals surface area contributed by atoms with E-state index in [1.165, 1.54) is 99.0 Å². The van der Waals surface area contributed by atoms with E-state index in [2.05, 4.69) is 210 Å². The number of benzene rings is 9. The smallest absolute Gasteiger partial charge is 0.159 e. The number of rotatable bonds is 7. The standard InChI is InChI=1S/C62H48N2O/c1-3-13-43(14-4-1)49-20-9-15-45-16-10-21-50(59(45)49)44-27-29-47(30-28-44)63(57-25-12-23-53-51-19-7-8-26-58(51)65-61(53)57)48-31-32-56-54(36-48)52-22-11-24-55(60(52)64(56)46-17-5-2-6-18-46)62-37-40-33-41(38-62)35-42(34-40)39-62/h1-32,36,40-42H,33-35,37-39H2. The van der Waals surface area contributed by atoms with Gasteiger partial charge in [0.1, 0.15) is 5.58 Å². The SMILES string of the molecule is c1ccc(-c2cccc3cccc(-c4ccc(N(c5ccc6c(c5)c5cccc(C78CC9CC(CC(C9)C7)C8)c5n6-c5ccccc5)c5cccc6c5oc5ccccc56)cc4)c23)cc1. The number of hydrogen-bond acceptors (Lipinski definition) is 2. The summed E-state index contributed by atoms with van der Waals surface area (Å²) in [5.41, 5.74) is 15.5. The fourth-order valence-corrected chi connectivity index (χ4v) is 13.5. The van der Waals surface area contributed by atoms with Crippen LogP contribution in [-0.4, -0.2) is 4.57 Å².